The van der Waals surface area contributed by atoms with Crippen LogP contribution in [0.4, 0.5) is 0 Å². The summed E-state index contributed by atoms with van der Waals surface area (Å²) in [5.74, 6) is 3.62. The SMILES string of the molecule is Cl.NCC1CN(CC2CCSC2)CCO1. The summed E-state index contributed by atoms with van der Waals surface area (Å²) in [5.41, 5.74) is 5.62. The summed E-state index contributed by atoms with van der Waals surface area (Å²) < 4.78 is 5.55. The van der Waals surface area contributed by atoms with Crippen LogP contribution >= 0.6 is 24.2 Å². The Morgan fingerprint density at radius 2 is 2.33 bits per heavy atom. The number of ether oxygens (including phenoxy) is 1. The molecule has 0 radical (unpaired) electrons. The van der Waals surface area contributed by atoms with E-state index in [4.69, 9.17) is 10.5 Å². The van der Waals surface area contributed by atoms with E-state index in [1.807, 2.05) is 0 Å². The number of morpholine rings is 1. The Balaban J connectivity index is 0.00000112. The molecule has 0 spiro atoms. The van der Waals surface area contributed by atoms with E-state index >= 15 is 0 Å². The first-order valence-electron chi connectivity index (χ1n) is 5.50. The molecule has 2 unspecified atom stereocenters. The molecule has 5 heteroatoms. The first-order valence-corrected chi connectivity index (χ1v) is 6.65. The van der Waals surface area contributed by atoms with Crippen LogP contribution in [0, 0.1) is 5.92 Å². The van der Waals surface area contributed by atoms with Crippen LogP contribution in [0.15, 0.2) is 0 Å². The van der Waals surface area contributed by atoms with Gasteiger partial charge in [0, 0.05) is 26.2 Å². The van der Waals surface area contributed by atoms with E-state index in [-0.39, 0.29) is 18.5 Å². The second-order valence-corrected chi connectivity index (χ2v) is 5.37. The van der Waals surface area contributed by atoms with Crippen molar-refractivity contribution in [1.82, 2.24) is 4.90 Å². The van der Waals surface area contributed by atoms with Crippen LogP contribution in [-0.2, 0) is 4.74 Å². The van der Waals surface area contributed by atoms with E-state index in [2.05, 4.69) is 16.7 Å². The molecule has 90 valence electrons. The van der Waals surface area contributed by atoms with Crippen molar-refractivity contribution in [2.24, 2.45) is 11.7 Å². The first-order chi connectivity index (χ1) is 6.88. The minimum atomic E-state index is 0. The van der Waals surface area contributed by atoms with Gasteiger partial charge in [0.15, 0.2) is 0 Å². The van der Waals surface area contributed by atoms with Gasteiger partial charge in [0.25, 0.3) is 0 Å². The van der Waals surface area contributed by atoms with Gasteiger partial charge >= 0.3 is 0 Å². The molecule has 0 aliphatic carbocycles. The Bertz CT molecular complexity index is 179. The molecule has 2 aliphatic heterocycles. The fraction of sp³-hybridized carbons (Fsp3) is 1.00. The molecule has 0 amide bonds. The molecule has 0 saturated carbocycles. The molecular weight excluding hydrogens is 232 g/mol. The maximum atomic E-state index is 5.62. The van der Waals surface area contributed by atoms with Crippen molar-refractivity contribution < 1.29 is 4.74 Å². The predicted octanol–water partition coefficient (Wildman–Crippen LogP) is 0.821. The van der Waals surface area contributed by atoms with Gasteiger partial charge in [-0.15, -0.1) is 12.4 Å². The first kappa shape index (κ1) is 13.6. The third-order valence-corrected chi connectivity index (χ3v) is 4.26. The van der Waals surface area contributed by atoms with Crippen LogP contribution < -0.4 is 5.73 Å². The van der Waals surface area contributed by atoms with Crippen molar-refractivity contribution in [2.45, 2.75) is 12.5 Å². The molecule has 0 aromatic rings. The van der Waals surface area contributed by atoms with E-state index in [9.17, 15) is 0 Å². The fourth-order valence-corrected chi connectivity index (χ4v) is 3.45. The Labute approximate surface area is 103 Å². The van der Waals surface area contributed by atoms with Crippen LogP contribution in [0.2, 0.25) is 0 Å². The zero-order valence-corrected chi connectivity index (χ0v) is 10.7. The largest absolute Gasteiger partial charge is 0.374 e. The summed E-state index contributed by atoms with van der Waals surface area (Å²) >= 11 is 2.09. The summed E-state index contributed by atoms with van der Waals surface area (Å²) in [6, 6.07) is 0. The molecule has 2 saturated heterocycles. The third kappa shape index (κ3) is 4.11. The van der Waals surface area contributed by atoms with Crippen LogP contribution in [-0.4, -0.2) is 55.3 Å². The minimum Gasteiger partial charge on any atom is -0.374 e. The van der Waals surface area contributed by atoms with Gasteiger partial charge in [-0.2, -0.15) is 11.8 Å². The average Bonchev–Trinajstić information content (AvgIpc) is 2.71. The molecule has 2 aliphatic rings. The molecule has 0 aromatic carbocycles. The standard InChI is InChI=1S/C10H20N2OS.ClH/c11-5-10-7-12(2-3-13-10)6-9-1-4-14-8-9;/h9-10H,1-8,11H2;1H. The molecule has 2 rings (SSSR count). The van der Waals surface area contributed by atoms with Crippen LogP contribution in [0.5, 0.6) is 0 Å². The fourth-order valence-electron chi connectivity index (χ4n) is 2.18. The van der Waals surface area contributed by atoms with Gasteiger partial charge in [0.2, 0.25) is 0 Å². The van der Waals surface area contributed by atoms with Gasteiger partial charge < -0.3 is 10.5 Å². The second kappa shape index (κ2) is 6.97. The Kier molecular flexibility index (Phi) is 6.31. The van der Waals surface area contributed by atoms with Gasteiger partial charge in [-0.25, -0.2) is 0 Å². The second-order valence-electron chi connectivity index (χ2n) is 4.22. The number of nitrogens with zero attached hydrogens (tertiary/aromatic N) is 1. The van der Waals surface area contributed by atoms with Gasteiger partial charge in [0.05, 0.1) is 12.7 Å². The normalized spacial score (nSPS) is 32.6. The summed E-state index contributed by atoms with van der Waals surface area (Å²) in [7, 11) is 0. The number of halogens is 1. The topological polar surface area (TPSA) is 38.5 Å². The maximum absolute atomic E-state index is 5.62. The molecule has 2 N–H and O–H groups in total. The highest BCUT2D eigenvalue weighted by molar-refractivity contribution is 7.99. The zero-order valence-electron chi connectivity index (χ0n) is 9.06. The monoisotopic (exact) mass is 252 g/mol. The van der Waals surface area contributed by atoms with Gasteiger partial charge in [-0.05, 0) is 23.8 Å². The van der Waals surface area contributed by atoms with Gasteiger partial charge in [-0.1, -0.05) is 0 Å². The lowest BCUT2D eigenvalue weighted by molar-refractivity contribution is -0.0267. The van der Waals surface area contributed by atoms with Crippen molar-refractivity contribution in [2.75, 3.05) is 44.3 Å². The summed E-state index contributed by atoms with van der Waals surface area (Å²) in [4.78, 5) is 2.53. The average molecular weight is 253 g/mol. The maximum Gasteiger partial charge on any atom is 0.0824 e. The summed E-state index contributed by atoms with van der Waals surface area (Å²) in [6.45, 7) is 4.92. The van der Waals surface area contributed by atoms with Gasteiger partial charge in [0.1, 0.15) is 0 Å². The molecule has 2 atom stereocenters. The van der Waals surface area contributed by atoms with Crippen LogP contribution in [0.1, 0.15) is 6.42 Å². The Morgan fingerprint density at radius 3 is 3.00 bits per heavy atom. The van der Waals surface area contributed by atoms with Crippen molar-refractivity contribution >= 4 is 24.2 Å². The molecule has 0 aromatic heterocycles. The highest BCUT2D eigenvalue weighted by Crippen LogP contribution is 2.24. The molecule has 2 fully saturated rings. The van der Waals surface area contributed by atoms with Crippen molar-refractivity contribution in [3.05, 3.63) is 0 Å². The van der Waals surface area contributed by atoms with Crippen molar-refractivity contribution in [3.63, 3.8) is 0 Å². The lowest BCUT2D eigenvalue weighted by Gasteiger charge is -2.33. The highest BCUT2D eigenvalue weighted by Gasteiger charge is 2.23. The zero-order chi connectivity index (χ0) is 9.80. The molecule has 2 heterocycles. The molecule has 15 heavy (non-hydrogen) atoms. The van der Waals surface area contributed by atoms with Crippen LogP contribution in [0.3, 0.4) is 0 Å². The lowest BCUT2D eigenvalue weighted by atomic mass is 10.1. The number of thioether (sulfide) groups is 1. The van der Waals surface area contributed by atoms with E-state index < -0.39 is 0 Å². The summed E-state index contributed by atoms with van der Waals surface area (Å²) in [5, 5.41) is 0. The lowest BCUT2D eigenvalue weighted by Crippen LogP contribution is -2.47. The quantitative estimate of drug-likeness (QED) is 0.807. The van der Waals surface area contributed by atoms with E-state index in [1.165, 1.54) is 24.5 Å². The van der Waals surface area contributed by atoms with Crippen LogP contribution in [0.25, 0.3) is 0 Å². The van der Waals surface area contributed by atoms with Crippen molar-refractivity contribution in [1.29, 1.82) is 0 Å². The number of hydrogen-bond acceptors (Lipinski definition) is 4. The number of nitrogens with two attached hydrogens (primary N) is 1. The molecule has 0 bridgehead atoms. The molecular formula is C10H21ClN2OS. The summed E-state index contributed by atoms with van der Waals surface area (Å²) in [6.07, 6.45) is 1.67. The number of rotatable bonds is 3. The van der Waals surface area contributed by atoms with E-state index in [0.29, 0.717) is 6.54 Å². The highest BCUT2D eigenvalue weighted by atomic mass is 35.5. The van der Waals surface area contributed by atoms with E-state index in [1.54, 1.807) is 0 Å². The molecule has 3 nitrogen and oxygen atoms in total. The van der Waals surface area contributed by atoms with Crippen molar-refractivity contribution in [3.8, 4) is 0 Å². The number of hydrogen-bond donors (Lipinski definition) is 1. The Morgan fingerprint density at radius 1 is 1.47 bits per heavy atom. The predicted molar refractivity (Wildman–Crippen MR) is 67.9 cm³/mol. The minimum absolute atomic E-state index is 0. The third-order valence-electron chi connectivity index (χ3n) is 3.03. The smallest absolute Gasteiger partial charge is 0.0824 e. The van der Waals surface area contributed by atoms with E-state index in [0.717, 1.165) is 25.6 Å². The Hall–Kier alpha value is 0.520. The van der Waals surface area contributed by atoms with Gasteiger partial charge in [-0.3, -0.25) is 4.90 Å².